The van der Waals surface area contributed by atoms with Crippen LogP contribution >= 0.6 is 0 Å². The maximum absolute atomic E-state index is 13.5. The van der Waals surface area contributed by atoms with E-state index in [4.69, 9.17) is 24.5 Å². The van der Waals surface area contributed by atoms with Gasteiger partial charge >= 0.3 is 5.97 Å². The van der Waals surface area contributed by atoms with E-state index in [2.05, 4.69) is 0 Å². The van der Waals surface area contributed by atoms with Gasteiger partial charge in [0.25, 0.3) is 10.0 Å². The number of nitrogens with zero attached hydrogens (tertiary/aromatic N) is 1. The predicted octanol–water partition coefficient (Wildman–Crippen LogP) is 3.18. The second kappa shape index (κ2) is 11.0. The Hall–Kier alpha value is -3.84. The number of amides is 1. The van der Waals surface area contributed by atoms with Crippen molar-refractivity contribution in [1.82, 2.24) is 9.79 Å². The smallest absolute Gasteiger partial charge is 0.305 e. The summed E-state index contributed by atoms with van der Waals surface area (Å²) >= 11 is 0. The minimum Gasteiger partial charge on any atom is -0.481 e. The van der Waals surface area contributed by atoms with Crippen LogP contribution in [-0.4, -0.2) is 47.7 Å². The zero-order chi connectivity index (χ0) is 26.6. The summed E-state index contributed by atoms with van der Waals surface area (Å²) in [5.41, 5.74) is 1.63. The second-order valence-corrected chi connectivity index (χ2v) is 10.4. The number of nitrogens with one attached hydrogen (secondary N) is 1. The van der Waals surface area contributed by atoms with E-state index in [1.165, 1.54) is 48.5 Å². The average Bonchev–Trinajstić information content (AvgIpc) is 3.55. The molecule has 2 aliphatic rings. The highest BCUT2D eigenvalue weighted by atomic mass is 32.2. The van der Waals surface area contributed by atoms with E-state index in [1.807, 2.05) is 0 Å². The van der Waals surface area contributed by atoms with E-state index in [1.54, 1.807) is 5.48 Å². The summed E-state index contributed by atoms with van der Waals surface area (Å²) in [4.78, 5) is 23.1. The second-order valence-electron chi connectivity index (χ2n) is 8.50. The van der Waals surface area contributed by atoms with Crippen molar-refractivity contribution in [2.45, 2.75) is 36.9 Å². The zero-order valence-corrected chi connectivity index (χ0v) is 20.3. The number of hydrogen-bond donors (Lipinski definition) is 3. The van der Waals surface area contributed by atoms with E-state index >= 15 is 0 Å². The Labute approximate surface area is 212 Å². The SMILES string of the molecule is O=C(O)CCN(C1=COC(C2CCCC2C(=O)NO)O1)S(=O)(=O)c1ccc(Oc2ccc(F)cc2)cc1. The molecule has 2 aromatic carbocycles. The van der Waals surface area contributed by atoms with Gasteiger partial charge < -0.3 is 19.3 Å². The van der Waals surface area contributed by atoms with Crippen LogP contribution in [0.15, 0.2) is 65.6 Å². The van der Waals surface area contributed by atoms with Crippen LogP contribution in [-0.2, 0) is 29.1 Å². The summed E-state index contributed by atoms with van der Waals surface area (Å²) in [5, 5.41) is 18.2. The molecule has 0 bridgehead atoms. The van der Waals surface area contributed by atoms with Gasteiger partial charge in [-0.1, -0.05) is 6.42 Å². The zero-order valence-electron chi connectivity index (χ0n) is 19.4. The van der Waals surface area contributed by atoms with E-state index in [-0.39, 0.29) is 10.8 Å². The number of hydroxylamine groups is 1. The van der Waals surface area contributed by atoms with Crippen LogP contribution in [0, 0.1) is 17.7 Å². The Morgan fingerprint density at radius 1 is 1.08 bits per heavy atom. The van der Waals surface area contributed by atoms with Crippen molar-refractivity contribution in [3.63, 3.8) is 0 Å². The minimum absolute atomic E-state index is 0.157. The molecular weight excluding hydrogens is 511 g/mol. The van der Waals surface area contributed by atoms with Gasteiger partial charge in [-0.2, -0.15) is 0 Å². The topological polar surface area (TPSA) is 152 Å². The summed E-state index contributed by atoms with van der Waals surface area (Å²) < 4.78 is 57.7. The van der Waals surface area contributed by atoms with Crippen LogP contribution in [0.5, 0.6) is 11.5 Å². The molecule has 37 heavy (non-hydrogen) atoms. The van der Waals surface area contributed by atoms with Crippen molar-refractivity contribution in [1.29, 1.82) is 0 Å². The van der Waals surface area contributed by atoms with Gasteiger partial charge in [-0.25, -0.2) is 22.6 Å². The molecule has 1 saturated carbocycles. The number of aliphatic carboxylic acids is 1. The predicted molar refractivity (Wildman–Crippen MR) is 124 cm³/mol. The van der Waals surface area contributed by atoms with Gasteiger partial charge in [0, 0.05) is 12.5 Å². The Morgan fingerprint density at radius 2 is 1.73 bits per heavy atom. The summed E-state index contributed by atoms with van der Waals surface area (Å²) in [5.74, 6) is -2.80. The highest BCUT2D eigenvalue weighted by Gasteiger charge is 2.44. The molecule has 1 aliphatic carbocycles. The van der Waals surface area contributed by atoms with Gasteiger partial charge in [-0.3, -0.25) is 14.8 Å². The fraction of sp³-hybridized carbons (Fsp3) is 0.333. The van der Waals surface area contributed by atoms with E-state index in [0.29, 0.717) is 30.8 Å². The molecule has 0 saturated heterocycles. The monoisotopic (exact) mass is 536 g/mol. The van der Waals surface area contributed by atoms with Crippen LogP contribution < -0.4 is 10.2 Å². The van der Waals surface area contributed by atoms with Crippen molar-refractivity contribution >= 4 is 21.9 Å². The maximum Gasteiger partial charge on any atom is 0.305 e. The van der Waals surface area contributed by atoms with Crippen molar-refractivity contribution in [2.24, 2.45) is 11.8 Å². The number of carboxylic acid groups (broad SMARTS) is 1. The number of halogens is 1. The lowest BCUT2D eigenvalue weighted by atomic mass is 9.95. The molecule has 1 heterocycles. The first kappa shape index (κ1) is 26.2. The first-order chi connectivity index (χ1) is 17.7. The first-order valence-corrected chi connectivity index (χ1v) is 12.9. The first-order valence-electron chi connectivity index (χ1n) is 11.4. The number of ether oxygens (including phenoxy) is 3. The van der Waals surface area contributed by atoms with Gasteiger partial charge in [0.1, 0.15) is 23.6 Å². The third-order valence-electron chi connectivity index (χ3n) is 6.14. The molecule has 1 fully saturated rings. The normalized spacial score (nSPS) is 20.9. The molecule has 13 heteroatoms. The summed E-state index contributed by atoms with van der Waals surface area (Å²) in [7, 11) is -4.28. The Morgan fingerprint density at radius 3 is 2.35 bits per heavy atom. The summed E-state index contributed by atoms with van der Waals surface area (Å²) in [6.07, 6.45) is 1.35. The fourth-order valence-corrected chi connectivity index (χ4v) is 5.71. The number of hydrogen-bond acceptors (Lipinski definition) is 8. The lowest BCUT2D eigenvalue weighted by Crippen LogP contribution is -2.37. The van der Waals surface area contributed by atoms with Crippen LogP contribution in [0.1, 0.15) is 25.7 Å². The number of benzene rings is 2. The molecule has 11 nitrogen and oxygen atoms in total. The van der Waals surface area contributed by atoms with Crippen molar-refractivity contribution in [3.05, 3.63) is 66.5 Å². The molecule has 4 rings (SSSR count). The molecule has 0 radical (unpaired) electrons. The van der Waals surface area contributed by atoms with Gasteiger partial charge in [0.15, 0.2) is 0 Å². The number of sulfonamides is 1. The molecule has 1 amide bonds. The molecule has 2 aromatic rings. The van der Waals surface area contributed by atoms with E-state index < -0.39 is 58.8 Å². The third-order valence-corrected chi connectivity index (χ3v) is 7.95. The lowest BCUT2D eigenvalue weighted by molar-refractivity contribution is -0.143. The highest BCUT2D eigenvalue weighted by Crippen LogP contribution is 2.39. The van der Waals surface area contributed by atoms with Gasteiger partial charge in [0.2, 0.25) is 18.1 Å². The average molecular weight is 537 g/mol. The molecule has 0 aromatic heterocycles. The van der Waals surface area contributed by atoms with Gasteiger partial charge in [-0.15, -0.1) is 0 Å². The Bertz CT molecular complexity index is 1270. The highest BCUT2D eigenvalue weighted by molar-refractivity contribution is 7.89. The minimum atomic E-state index is -4.28. The molecule has 3 unspecified atom stereocenters. The molecular formula is C24H25FN2O9S. The molecule has 3 N–H and O–H groups in total. The number of carbonyl (C=O) groups excluding carboxylic acids is 1. The Balaban J connectivity index is 1.52. The standard InChI is InChI=1S/C24H25FN2O9S/c25-15-4-6-16(7-5-15)35-17-8-10-18(11-9-17)37(32,33)27(13-12-22(28)29)21-14-34-24(36-21)20-3-1-2-19(20)23(30)26-31/h4-11,14,19-20,24,31H,1-3,12-13H2,(H,26,30)(H,28,29). The van der Waals surface area contributed by atoms with Crippen molar-refractivity contribution in [2.75, 3.05) is 6.54 Å². The number of carboxylic acids is 1. The van der Waals surface area contributed by atoms with Crippen LogP contribution in [0.25, 0.3) is 0 Å². The quantitative estimate of drug-likeness (QED) is 0.307. The summed E-state index contributed by atoms with van der Waals surface area (Å²) in [6, 6.07) is 10.7. The Kier molecular flexibility index (Phi) is 7.83. The fourth-order valence-electron chi connectivity index (χ4n) is 4.32. The van der Waals surface area contributed by atoms with Crippen LogP contribution in [0.4, 0.5) is 4.39 Å². The van der Waals surface area contributed by atoms with E-state index in [9.17, 15) is 22.4 Å². The molecule has 198 valence electrons. The number of carbonyl (C=O) groups is 2. The number of rotatable bonds is 10. The van der Waals surface area contributed by atoms with Crippen molar-refractivity contribution < 1.29 is 46.9 Å². The molecule has 3 atom stereocenters. The van der Waals surface area contributed by atoms with Gasteiger partial charge in [0.05, 0.1) is 17.2 Å². The van der Waals surface area contributed by atoms with Crippen LogP contribution in [0.2, 0.25) is 0 Å². The van der Waals surface area contributed by atoms with Crippen molar-refractivity contribution in [3.8, 4) is 11.5 Å². The summed E-state index contributed by atoms with van der Waals surface area (Å²) in [6.45, 7) is -0.432. The molecule has 0 spiro atoms. The maximum atomic E-state index is 13.5. The van der Waals surface area contributed by atoms with Gasteiger partial charge in [-0.05, 0) is 61.4 Å². The van der Waals surface area contributed by atoms with Crippen LogP contribution in [0.3, 0.4) is 0 Å². The van der Waals surface area contributed by atoms with E-state index in [0.717, 1.165) is 10.6 Å². The lowest BCUT2D eigenvalue weighted by Gasteiger charge is -2.27. The largest absolute Gasteiger partial charge is 0.481 e. The molecule has 1 aliphatic heterocycles. The third kappa shape index (κ3) is 5.94.